The van der Waals surface area contributed by atoms with Crippen LogP contribution in [0.5, 0.6) is 0 Å². The number of aromatic nitrogens is 2. The lowest BCUT2D eigenvalue weighted by molar-refractivity contribution is -0.509. The van der Waals surface area contributed by atoms with Crippen molar-refractivity contribution in [2.75, 3.05) is 5.32 Å². The number of nitro groups is 1. The number of hydrogen-bond donors (Lipinski definition) is 2. The van der Waals surface area contributed by atoms with Gasteiger partial charge >= 0.3 is 11.9 Å². The number of carbonyl (C=O) groups is 1. The quantitative estimate of drug-likeness (QED) is 0.648. The smallest absolute Gasteiger partial charge is 0.301 e. The van der Waals surface area contributed by atoms with Crippen molar-refractivity contribution >= 4 is 11.7 Å². The van der Waals surface area contributed by atoms with Crippen LogP contribution in [0.2, 0.25) is 0 Å². The summed E-state index contributed by atoms with van der Waals surface area (Å²) in [5.41, 5.74) is -0.713. The average molecular weight is 352 g/mol. The van der Waals surface area contributed by atoms with Crippen LogP contribution in [-0.2, 0) is 4.79 Å². The number of aromatic amines is 1. The van der Waals surface area contributed by atoms with Gasteiger partial charge in [-0.05, 0) is 31.5 Å². The van der Waals surface area contributed by atoms with Gasteiger partial charge in [0.1, 0.15) is 5.82 Å². The lowest BCUT2D eigenvalue weighted by atomic mass is 9.83. The molecule has 0 saturated heterocycles. The van der Waals surface area contributed by atoms with Crippen LogP contribution in [0.3, 0.4) is 0 Å². The molecule has 132 valence electrons. The molecule has 0 unspecified atom stereocenters. The summed E-state index contributed by atoms with van der Waals surface area (Å²) < 4.78 is 28.2. The average Bonchev–Trinajstić information content (AvgIpc) is 2.85. The first-order valence-corrected chi connectivity index (χ1v) is 7.46. The molecule has 1 aliphatic heterocycles. The number of carbonyl (C=O) groups excluding carboxylic acids is 1. The van der Waals surface area contributed by atoms with Crippen LogP contribution in [0.4, 0.5) is 14.6 Å². The Bertz CT molecular complexity index is 934. The molecule has 25 heavy (non-hydrogen) atoms. The van der Waals surface area contributed by atoms with Crippen molar-refractivity contribution in [3.8, 4) is 0 Å². The molecular weight excluding hydrogens is 338 g/mol. The predicted octanol–water partition coefficient (Wildman–Crippen LogP) is 1.76. The van der Waals surface area contributed by atoms with E-state index in [2.05, 4.69) is 10.4 Å². The van der Waals surface area contributed by atoms with E-state index in [0.29, 0.717) is 0 Å². The van der Waals surface area contributed by atoms with Crippen LogP contribution in [0, 0.1) is 21.7 Å². The van der Waals surface area contributed by atoms with E-state index in [-0.39, 0.29) is 23.0 Å². The molecular formula is C15H14F2N4O4. The molecule has 1 aliphatic rings. The number of benzene rings is 1. The van der Waals surface area contributed by atoms with E-state index in [1.807, 2.05) is 0 Å². The minimum atomic E-state index is -1.83. The maximum Gasteiger partial charge on any atom is 0.301 e. The highest BCUT2D eigenvalue weighted by Crippen LogP contribution is 2.37. The number of nitrogens with zero attached hydrogens (tertiary/aromatic N) is 2. The second-order valence-corrected chi connectivity index (χ2v) is 6.04. The zero-order valence-corrected chi connectivity index (χ0v) is 13.2. The molecule has 2 atom stereocenters. The monoisotopic (exact) mass is 352 g/mol. The van der Waals surface area contributed by atoms with Crippen LogP contribution in [0.15, 0.2) is 23.0 Å². The minimum Gasteiger partial charge on any atom is -0.305 e. The normalized spacial score (nSPS) is 19.6. The van der Waals surface area contributed by atoms with Gasteiger partial charge in [0.25, 0.3) is 5.56 Å². The number of anilines is 1. The zero-order chi connectivity index (χ0) is 18.5. The van der Waals surface area contributed by atoms with Crippen molar-refractivity contribution in [3.05, 3.63) is 61.4 Å². The van der Waals surface area contributed by atoms with Crippen molar-refractivity contribution in [1.82, 2.24) is 9.78 Å². The highest BCUT2D eigenvalue weighted by Gasteiger charge is 2.48. The van der Waals surface area contributed by atoms with Gasteiger partial charge in [0.15, 0.2) is 11.6 Å². The number of H-pyrrole nitrogens is 1. The van der Waals surface area contributed by atoms with Gasteiger partial charge in [-0.2, -0.15) is 0 Å². The van der Waals surface area contributed by atoms with Gasteiger partial charge in [-0.3, -0.25) is 29.5 Å². The summed E-state index contributed by atoms with van der Waals surface area (Å²) in [6.45, 7) is 3.49. The third-order valence-electron chi connectivity index (χ3n) is 4.15. The Labute approximate surface area is 139 Å². The van der Waals surface area contributed by atoms with E-state index in [0.717, 1.165) is 18.2 Å². The molecule has 8 nitrogen and oxygen atoms in total. The SMILES string of the molecule is CC(C)n1[nH]c(=O)c2c1NC(=O)[C@@H]([N+](=O)[O-])[C@@H]2c1ccc(F)c(F)c1. The first-order chi connectivity index (χ1) is 11.7. The van der Waals surface area contributed by atoms with Gasteiger partial charge < -0.3 is 5.32 Å². The molecule has 0 saturated carbocycles. The van der Waals surface area contributed by atoms with Crippen LogP contribution < -0.4 is 10.9 Å². The fourth-order valence-corrected chi connectivity index (χ4v) is 3.04. The van der Waals surface area contributed by atoms with Crippen molar-refractivity contribution in [3.63, 3.8) is 0 Å². The molecule has 0 fully saturated rings. The highest BCUT2D eigenvalue weighted by molar-refractivity contribution is 5.97. The zero-order valence-electron chi connectivity index (χ0n) is 13.2. The molecule has 0 radical (unpaired) electrons. The molecule has 1 aromatic carbocycles. The summed E-state index contributed by atoms with van der Waals surface area (Å²) in [4.78, 5) is 35.2. The number of fused-ring (bicyclic) bond motifs is 1. The molecule has 0 bridgehead atoms. The first kappa shape index (κ1) is 16.8. The van der Waals surface area contributed by atoms with Crippen LogP contribution in [0.25, 0.3) is 0 Å². The molecule has 1 aromatic heterocycles. The van der Waals surface area contributed by atoms with E-state index >= 15 is 0 Å². The Morgan fingerprint density at radius 3 is 2.48 bits per heavy atom. The lowest BCUT2D eigenvalue weighted by Crippen LogP contribution is -2.45. The van der Waals surface area contributed by atoms with E-state index in [1.54, 1.807) is 13.8 Å². The minimum absolute atomic E-state index is 0.0243. The number of hydrogen-bond acceptors (Lipinski definition) is 4. The third kappa shape index (κ3) is 2.59. The Morgan fingerprint density at radius 1 is 1.24 bits per heavy atom. The van der Waals surface area contributed by atoms with Gasteiger partial charge in [0.05, 0.1) is 11.5 Å². The number of amides is 1. The predicted molar refractivity (Wildman–Crippen MR) is 83.1 cm³/mol. The molecule has 10 heteroatoms. The van der Waals surface area contributed by atoms with E-state index in [1.165, 1.54) is 4.68 Å². The number of halogens is 2. The summed E-state index contributed by atoms with van der Waals surface area (Å²) in [5.74, 6) is -4.52. The molecule has 3 rings (SSSR count). The van der Waals surface area contributed by atoms with Crippen molar-refractivity contribution in [1.29, 1.82) is 0 Å². The molecule has 2 N–H and O–H groups in total. The van der Waals surface area contributed by atoms with Crippen molar-refractivity contribution < 1.29 is 18.5 Å². The summed E-state index contributed by atoms with van der Waals surface area (Å²) in [6, 6.07) is 0.636. The van der Waals surface area contributed by atoms with Crippen LogP contribution in [-0.4, -0.2) is 26.7 Å². The van der Waals surface area contributed by atoms with E-state index in [9.17, 15) is 28.5 Å². The van der Waals surface area contributed by atoms with E-state index in [4.69, 9.17) is 0 Å². The fraction of sp³-hybridized carbons (Fsp3) is 0.333. The Morgan fingerprint density at radius 2 is 1.92 bits per heavy atom. The number of nitrogens with one attached hydrogen (secondary N) is 2. The second-order valence-electron chi connectivity index (χ2n) is 6.04. The topological polar surface area (TPSA) is 110 Å². The molecule has 2 heterocycles. The Balaban J connectivity index is 2.29. The Kier molecular flexibility index (Phi) is 3.90. The van der Waals surface area contributed by atoms with Crippen molar-refractivity contribution in [2.45, 2.75) is 31.8 Å². The van der Waals surface area contributed by atoms with Gasteiger partial charge in [-0.25, -0.2) is 8.78 Å². The van der Waals surface area contributed by atoms with Crippen LogP contribution in [0.1, 0.15) is 36.9 Å². The van der Waals surface area contributed by atoms with Gasteiger partial charge in [-0.1, -0.05) is 6.07 Å². The summed E-state index contributed by atoms with van der Waals surface area (Å²) in [5, 5.41) is 16.3. The molecule has 1 amide bonds. The molecule has 0 spiro atoms. The Hall–Kier alpha value is -3.04. The molecule has 2 aromatic rings. The van der Waals surface area contributed by atoms with Crippen LogP contribution >= 0.6 is 0 Å². The van der Waals surface area contributed by atoms with Gasteiger partial charge in [0, 0.05) is 11.0 Å². The molecule has 0 aliphatic carbocycles. The first-order valence-electron chi connectivity index (χ1n) is 7.46. The highest BCUT2D eigenvalue weighted by atomic mass is 19.2. The third-order valence-corrected chi connectivity index (χ3v) is 4.15. The van der Waals surface area contributed by atoms with E-state index < -0.39 is 40.0 Å². The summed E-state index contributed by atoms with van der Waals surface area (Å²) in [7, 11) is 0. The summed E-state index contributed by atoms with van der Waals surface area (Å²) >= 11 is 0. The van der Waals surface area contributed by atoms with Crippen molar-refractivity contribution in [2.24, 2.45) is 0 Å². The van der Waals surface area contributed by atoms with Gasteiger partial charge in [-0.15, -0.1) is 0 Å². The second kappa shape index (κ2) is 5.80. The fourth-order valence-electron chi connectivity index (χ4n) is 3.04. The maximum absolute atomic E-state index is 13.6. The largest absolute Gasteiger partial charge is 0.305 e. The maximum atomic E-state index is 13.6. The summed E-state index contributed by atoms with van der Waals surface area (Å²) in [6.07, 6.45) is 0. The standard InChI is InChI=1S/C15H14F2N4O4/c1-6(2)20-13-11(14(22)19-20)10(12(21(24)25)15(23)18-13)7-3-4-8(16)9(17)5-7/h3-6,10,12H,1-2H3,(H,18,23)(H,19,22)/t10-,12+/m1/s1. The number of rotatable bonds is 3. The lowest BCUT2D eigenvalue weighted by Gasteiger charge is -2.26. The van der Waals surface area contributed by atoms with Gasteiger partial charge in [0.2, 0.25) is 0 Å².